The third kappa shape index (κ3) is 3.25. The number of carbonyl (C=O) groups is 2. The molecule has 0 unspecified atom stereocenters. The number of hydrogen-bond acceptors (Lipinski definition) is 6. The number of fused-ring (bicyclic) bond motifs is 1. The lowest BCUT2D eigenvalue weighted by Crippen LogP contribution is -2.58. The van der Waals surface area contributed by atoms with Crippen molar-refractivity contribution in [1.29, 1.82) is 0 Å². The van der Waals surface area contributed by atoms with Gasteiger partial charge in [0.05, 0.1) is 12.0 Å². The van der Waals surface area contributed by atoms with Crippen molar-refractivity contribution in [2.45, 2.75) is 76.5 Å². The molecule has 6 nitrogen and oxygen atoms in total. The van der Waals surface area contributed by atoms with Crippen molar-refractivity contribution in [3.05, 3.63) is 0 Å². The van der Waals surface area contributed by atoms with Crippen molar-refractivity contribution in [2.24, 2.45) is 10.8 Å². The van der Waals surface area contributed by atoms with Crippen LogP contribution in [0, 0.1) is 10.8 Å². The quantitative estimate of drug-likeness (QED) is 0.437. The number of hydrogen-bond donors (Lipinski definition) is 0. The summed E-state index contributed by atoms with van der Waals surface area (Å²) in [4.78, 5) is 23.9. The van der Waals surface area contributed by atoms with Crippen LogP contribution < -0.4 is 0 Å². The Morgan fingerprint density at radius 1 is 1.19 bits per heavy atom. The van der Waals surface area contributed by atoms with Crippen LogP contribution in [0.4, 0.5) is 0 Å². The first kappa shape index (κ1) is 22.7. The zero-order valence-corrected chi connectivity index (χ0v) is 18.9. The third-order valence-electron chi connectivity index (χ3n) is 7.61. The monoisotopic (exact) mass is 400 g/mol. The molecule has 0 N–H and O–H groups in total. The Morgan fingerprint density at radius 2 is 1.85 bits per heavy atom. The van der Waals surface area contributed by atoms with Gasteiger partial charge in [0.2, 0.25) is 0 Å². The molecular weight excluding hydrogens is 364 g/mol. The zero-order valence-electron chi connectivity index (χ0n) is 17.9. The molecular formula is C20H36O6Si. The minimum Gasteiger partial charge on any atom is -0.417 e. The van der Waals surface area contributed by atoms with Crippen LogP contribution >= 0.6 is 0 Å². The van der Waals surface area contributed by atoms with Crippen molar-refractivity contribution in [2.75, 3.05) is 27.4 Å². The molecule has 1 aliphatic carbocycles. The highest BCUT2D eigenvalue weighted by molar-refractivity contribution is 6.74. The molecule has 0 bridgehead atoms. The lowest BCUT2D eigenvalue weighted by molar-refractivity contribution is -0.212. The Kier molecular flexibility index (Phi) is 6.44. The van der Waals surface area contributed by atoms with E-state index in [1.807, 2.05) is 0 Å². The molecule has 1 aliphatic heterocycles. The van der Waals surface area contributed by atoms with Gasteiger partial charge in [-0.15, -0.1) is 0 Å². The highest BCUT2D eigenvalue weighted by Crippen LogP contribution is 2.68. The van der Waals surface area contributed by atoms with Crippen LogP contribution in [-0.4, -0.2) is 60.2 Å². The van der Waals surface area contributed by atoms with E-state index in [9.17, 15) is 9.59 Å². The van der Waals surface area contributed by atoms with Gasteiger partial charge >= 0.3 is 0 Å². The fourth-order valence-corrected chi connectivity index (χ4v) is 5.91. The normalized spacial score (nSPS) is 36.6. The molecule has 0 amide bonds. The Hall–Kier alpha value is -0.603. The van der Waals surface area contributed by atoms with Crippen LogP contribution in [0.3, 0.4) is 0 Å². The van der Waals surface area contributed by atoms with Crippen LogP contribution in [0.2, 0.25) is 18.1 Å². The van der Waals surface area contributed by atoms with Crippen LogP contribution in [0.25, 0.3) is 0 Å². The summed E-state index contributed by atoms with van der Waals surface area (Å²) >= 11 is 0. The topological polar surface area (TPSA) is 71.1 Å². The van der Waals surface area contributed by atoms with Crippen molar-refractivity contribution in [3.63, 3.8) is 0 Å². The van der Waals surface area contributed by atoms with Gasteiger partial charge in [-0.2, -0.15) is 0 Å². The predicted molar refractivity (Wildman–Crippen MR) is 105 cm³/mol. The van der Waals surface area contributed by atoms with Crippen LogP contribution in [0.15, 0.2) is 0 Å². The maximum atomic E-state index is 12.2. The summed E-state index contributed by atoms with van der Waals surface area (Å²) in [5.41, 5.74) is -2.29. The fraction of sp³-hybridized carbons (Fsp3) is 0.900. The first-order valence-corrected chi connectivity index (χ1v) is 12.7. The SMILES string of the molecule is CO[C@H]1OC[C@]2(CCO[Si](C)(C)C(C)(C)C)CC[C@](C=O)(OC)[C@]12CC=O. The zero-order chi connectivity index (χ0) is 20.6. The van der Waals surface area contributed by atoms with E-state index >= 15 is 0 Å². The summed E-state index contributed by atoms with van der Waals surface area (Å²) in [6.45, 7) is 12.1. The molecule has 0 spiro atoms. The van der Waals surface area contributed by atoms with Crippen molar-refractivity contribution >= 4 is 20.9 Å². The summed E-state index contributed by atoms with van der Waals surface area (Å²) in [7, 11) is 1.21. The van der Waals surface area contributed by atoms with Crippen molar-refractivity contribution in [1.82, 2.24) is 0 Å². The molecule has 0 aromatic carbocycles. The third-order valence-corrected chi connectivity index (χ3v) is 12.2. The lowest BCUT2D eigenvalue weighted by atomic mass is 9.59. The second-order valence-electron chi connectivity index (χ2n) is 9.57. The van der Waals surface area contributed by atoms with Crippen molar-refractivity contribution < 1.29 is 28.2 Å². The molecule has 0 aromatic heterocycles. The number of rotatable bonds is 9. The van der Waals surface area contributed by atoms with Gasteiger partial charge in [-0.1, -0.05) is 20.8 Å². The maximum Gasteiger partial charge on any atom is 0.191 e. The van der Waals surface area contributed by atoms with E-state index in [1.54, 1.807) is 7.11 Å². The summed E-state index contributed by atoms with van der Waals surface area (Å²) in [5, 5.41) is 0.126. The second-order valence-corrected chi connectivity index (χ2v) is 14.4. The molecule has 1 heterocycles. The average molecular weight is 401 g/mol. The summed E-state index contributed by atoms with van der Waals surface area (Å²) < 4.78 is 23.8. The molecule has 4 atom stereocenters. The Bertz CT molecular complexity index is 559. The largest absolute Gasteiger partial charge is 0.417 e. The highest BCUT2D eigenvalue weighted by Gasteiger charge is 2.75. The second kappa shape index (κ2) is 7.67. The summed E-state index contributed by atoms with van der Waals surface area (Å²) in [6.07, 6.45) is 3.26. The first-order valence-electron chi connectivity index (χ1n) is 9.75. The summed E-state index contributed by atoms with van der Waals surface area (Å²) in [6, 6.07) is 0. The first-order chi connectivity index (χ1) is 12.5. The molecule has 1 saturated carbocycles. The van der Waals surface area contributed by atoms with Gasteiger partial charge in [0, 0.05) is 32.7 Å². The molecule has 2 rings (SSSR count). The summed E-state index contributed by atoms with van der Waals surface area (Å²) in [5.74, 6) is 0. The van der Waals surface area contributed by atoms with Gasteiger partial charge in [-0.05, 0) is 37.4 Å². The molecule has 2 aliphatic rings. The molecule has 1 saturated heterocycles. The number of ether oxygens (including phenoxy) is 3. The van der Waals surface area contributed by atoms with Gasteiger partial charge < -0.3 is 28.2 Å². The number of aldehydes is 2. The van der Waals surface area contributed by atoms with E-state index in [1.165, 1.54) is 7.11 Å². The van der Waals surface area contributed by atoms with Crippen LogP contribution in [0.1, 0.15) is 46.5 Å². The van der Waals surface area contributed by atoms with Gasteiger partial charge in [-0.3, -0.25) is 0 Å². The lowest BCUT2D eigenvalue weighted by Gasteiger charge is -2.48. The minimum atomic E-state index is -1.89. The van der Waals surface area contributed by atoms with Crippen LogP contribution in [-0.2, 0) is 28.2 Å². The number of methoxy groups -OCH3 is 2. The van der Waals surface area contributed by atoms with E-state index in [-0.39, 0.29) is 16.9 Å². The maximum absolute atomic E-state index is 12.2. The van der Waals surface area contributed by atoms with E-state index in [4.69, 9.17) is 18.6 Å². The van der Waals surface area contributed by atoms with E-state index < -0.39 is 25.6 Å². The molecule has 156 valence electrons. The van der Waals surface area contributed by atoms with Gasteiger partial charge in [0.1, 0.15) is 11.9 Å². The van der Waals surface area contributed by atoms with E-state index in [2.05, 4.69) is 33.9 Å². The Morgan fingerprint density at radius 3 is 2.33 bits per heavy atom. The predicted octanol–water partition coefficient (Wildman–Crippen LogP) is 3.34. The fourth-order valence-electron chi connectivity index (χ4n) is 4.87. The van der Waals surface area contributed by atoms with E-state index in [0.717, 1.165) is 19.0 Å². The minimum absolute atomic E-state index is 0.126. The Balaban J connectivity index is 2.35. The molecule has 27 heavy (non-hydrogen) atoms. The smallest absolute Gasteiger partial charge is 0.191 e. The van der Waals surface area contributed by atoms with Gasteiger partial charge in [-0.25, -0.2) is 0 Å². The van der Waals surface area contributed by atoms with Crippen molar-refractivity contribution in [3.8, 4) is 0 Å². The highest BCUT2D eigenvalue weighted by atomic mass is 28.4. The molecule has 2 fully saturated rings. The molecule has 0 radical (unpaired) electrons. The van der Waals surface area contributed by atoms with E-state index in [0.29, 0.717) is 26.1 Å². The van der Waals surface area contributed by atoms with Gasteiger partial charge in [0.15, 0.2) is 20.9 Å². The standard InChI is InChI=1S/C20H36O6Si/c1-17(2,3)27(6,7)26-13-11-18-8-9-19(14-22,24-5)20(18,10-12-21)16(23-4)25-15-18/h12,14,16H,8-11,13,15H2,1-7H3/t16-,18+,19+,20+/m0/s1. The molecule has 0 aromatic rings. The average Bonchev–Trinajstić information content (AvgIpc) is 3.04. The Labute approximate surface area is 164 Å². The van der Waals surface area contributed by atoms with Gasteiger partial charge in [0.25, 0.3) is 0 Å². The van der Waals surface area contributed by atoms with Crippen LogP contribution in [0.5, 0.6) is 0 Å². The number of carbonyl (C=O) groups excluding carboxylic acids is 2. The molecule has 7 heteroatoms.